The van der Waals surface area contributed by atoms with Crippen molar-refractivity contribution in [2.45, 2.75) is 45.1 Å². The maximum Gasteiger partial charge on any atom is 0.321 e. The van der Waals surface area contributed by atoms with Crippen LogP contribution >= 0.6 is 0 Å². The van der Waals surface area contributed by atoms with E-state index < -0.39 is 4.92 Å². The Hall–Kier alpha value is -2.11. The van der Waals surface area contributed by atoms with Crippen LogP contribution in [0.3, 0.4) is 0 Å². The molecule has 6 heteroatoms. The molecule has 1 aromatic rings. The van der Waals surface area contributed by atoms with Gasteiger partial charge in [-0.2, -0.15) is 0 Å². The Morgan fingerprint density at radius 1 is 1.33 bits per heavy atom. The van der Waals surface area contributed by atoms with Gasteiger partial charge in [-0.05, 0) is 25.8 Å². The van der Waals surface area contributed by atoms with Crippen molar-refractivity contribution < 1.29 is 9.72 Å². The highest BCUT2D eigenvalue weighted by Crippen LogP contribution is 2.24. The second kappa shape index (κ2) is 6.56. The van der Waals surface area contributed by atoms with E-state index in [2.05, 4.69) is 5.32 Å². The second-order valence-electron chi connectivity index (χ2n) is 5.59. The fourth-order valence-corrected chi connectivity index (χ4v) is 2.73. The third-order valence-electron chi connectivity index (χ3n) is 4.10. The predicted molar refractivity (Wildman–Crippen MR) is 81.5 cm³/mol. The first-order valence-electron chi connectivity index (χ1n) is 7.28. The molecule has 0 bridgehead atoms. The number of nitro benzene ring substituents is 1. The number of rotatable bonds is 3. The molecule has 6 nitrogen and oxygen atoms in total. The van der Waals surface area contributed by atoms with Crippen LogP contribution in [-0.2, 0) is 0 Å². The highest BCUT2D eigenvalue weighted by molar-refractivity contribution is 5.89. The number of benzene rings is 1. The van der Waals surface area contributed by atoms with Crippen molar-refractivity contribution in [2.75, 3.05) is 12.4 Å². The highest BCUT2D eigenvalue weighted by atomic mass is 16.6. The van der Waals surface area contributed by atoms with Crippen LogP contribution in [0.1, 0.15) is 37.7 Å². The molecule has 0 saturated heterocycles. The van der Waals surface area contributed by atoms with Gasteiger partial charge in [0.05, 0.1) is 4.92 Å². The first-order chi connectivity index (χ1) is 9.99. The Balaban J connectivity index is 2.05. The molecule has 21 heavy (non-hydrogen) atoms. The number of carbonyl (C=O) groups is 1. The molecule has 0 aliphatic heterocycles. The van der Waals surface area contributed by atoms with Crippen LogP contribution in [-0.4, -0.2) is 28.9 Å². The lowest BCUT2D eigenvalue weighted by Crippen LogP contribution is -2.40. The summed E-state index contributed by atoms with van der Waals surface area (Å²) in [5, 5.41) is 13.7. The summed E-state index contributed by atoms with van der Waals surface area (Å²) in [6, 6.07) is 4.80. The van der Waals surface area contributed by atoms with Gasteiger partial charge in [0.15, 0.2) is 0 Å². The molecular formula is C15H21N3O3. The molecule has 1 aromatic carbocycles. The second-order valence-corrected chi connectivity index (χ2v) is 5.59. The zero-order chi connectivity index (χ0) is 15.4. The summed E-state index contributed by atoms with van der Waals surface area (Å²) >= 11 is 0. The number of hydrogen-bond donors (Lipinski definition) is 1. The summed E-state index contributed by atoms with van der Waals surface area (Å²) < 4.78 is 0. The van der Waals surface area contributed by atoms with Gasteiger partial charge in [0.2, 0.25) is 0 Å². The van der Waals surface area contributed by atoms with E-state index in [-0.39, 0.29) is 17.8 Å². The van der Waals surface area contributed by atoms with Crippen molar-refractivity contribution in [3.63, 3.8) is 0 Å². The Kier molecular flexibility index (Phi) is 4.77. The van der Waals surface area contributed by atoms with Crippen LogP contribution in [0.25, 0.3) is 0 Å². The minimum absolute atomic E-state index is 0.0214. The number of amides is 2. The molecule has 0 radical (unpaired) electrons. The Morgan fingerprint density at radius 3 is 2.62 bits per heavy atom. The van der Waals surface area contributed by atoms with E-state index in [1.807, 2.05) is 0 Å². The molecule has 114 valence electrons. The van der Waals surface area contributed by atoms with Crippen LogP contribution in [0.4, 0.5) is 16.2 Å². The van der Waals surface area contributed by atoms with Gasteiger partial charge in [0.25, 0.3) is 5.69 Å². The molecule has 0 spiro atoms. The Bertz CT molecular complexity index is 539. The molecule has 1 fully saturated rings. The first-order valence-corrected chi connectivity index (χ1v) is 7.28. The number of carbonyl (C=O) groups excluding carboxylic acids is 1. The first kappa shape index (κ1) is 15.3. The number of hydrogen-bond acceptors (Lipinski definition) is 3. The number of anilines is 1. The standard InChI is InChI=1S/C15H21N3O3/c1-11-8-9-12(10-14(11)18(20)21)16-15(19)17(2)13-6-4-3-5-7-13/h8-10,13H,3-7H2,1-2H3,(H,16,19). The normalized spacial score (nSPS) is 15.5. The number of aryl methyl sites for hydroxylation is 1. The van der Waals surface area contributed by atoms with E-state index in [1.165, 1.54) is 12.5 Å². The lowest BCUT2D eigenvalue weighted by molar-refractivity contribution is -0.385. The third kappa shape index (κ3) is 3.71. The molecular weight excluding hydrogens is 270 g/mol. The van der Waals surface area contributed by atoms with Gasteiger partial charge in [-0.3, -0.25) is 10.1 Å². The van der Waals surface area contributed by atoms with Gasteiger partial charge in [-0.1, -0.05) is 25.3 Å². The van der Waals surface area contributed by atoms with Crippen molar-refractivity contribution >= 4 is 17.4 Å². The molecule has 2 rings (SSSR count). The maximum atomic E-state index is 12.2. The van der Waals surface area contributed by atoms with Crippen molar-refractivity contribution in [1.82, 2.24) is 4.90 Å². The molecule has 1 saturated carbocycles. The monoisotopic (exact) mass is 291 g/mol. The number of nitrogens with zero attached hydrogens (tertiary/aromatic N) is 2. The molecule has 0 atom stereocenters. The predicted octanol–water partition coefficient (Wildman–Crippen LogP) is 3.70. The fraction of sp³-hybridized carbons (Fsp3) is 0.533. The zero-order valence-corrected chi connectivity index (χ0v) is 12.5. The van der Waals surface area contributed by atoms with E-state index in [4.69, 9.17) is 0 Å². The van der Waals surface area contributed by atoms with Crippen LogP contribution in [0.2, 0.25) is 0 Å². The van der Waals surface area contributed by atoms with E-state index in [0.29, 0.717) is 11.3 Å². The van der Waals surface area contributed by atoms with Gasteiger partial charge in [0.1, 0.15) is 0 Å². The third-order valence-corrected chi connectivity index (χ3v) is 4.10. The molecule has 0 unspecified atom stereocenters. The maximum absolute atomic E-state index is 12.2. The van der Waals surface area contributed by atoms with Crippen LogP contribution in [0.5, 0.6) is 0 Å². The molecule has 1 aliphatic carbocycles. The SMILES string of the molecule is Cc1ccc(NC(=O)N(C)C2CCCCC2)cc1[N+](=O)[O-]. The summed E-state index contributed by atoms with van der Waals surface area (Å²) in [4.78, 5) is 24.4. The number of nitro groups is 1. The average molecular weight is 291 g/mol. The van der Waals surface area contributed by atoms with Gasteiger partial charge in [-0.15, -0.1) is 0 Å². The smallest absolute Gasteiger partial charge is 0.321 e. The van der Waals surface area contributed by atoms with Crippen molar-refractivity contribution in [3.8, 4) is 0 Å². The van der Waals surface area contributed by atoms with E-state index >= 15 is 0 Å². The van der Waals surface area contributed by atoms with Crippen molar-refractivity contribution in [3.05, 3.63) is 33.9 Å². The topological polar surface area (TPSA) is 75.5 Å². The summed E-state index contributed by atoms with van der Waals surface area (Å²) in [6.07, 6.45) is 5.59. The lowest BCUT2D eigenvalue weighted by atomic mass is 9.95. The zero-order valence-electron chi connectivity index (χ0n) is 12.5. The summed E-state index contributed by atoms with van der Waals surface area (Å²) in [5.74, 6) is 0. The minimum atomic E-state index is -0.435. The van der Waals surface area contributed by atoms with Gasteiger partial charge < -0.3 is 10.2 Å². The van der Waals surface area contributed by atoms with Crippen molar-refractivity contribution in [1.29, 1.82) is 0 Å². The van der Waals surface area contributed by atoms with Gasteiger partial charge in [0, 0.05) is 30.4 Å². The van der Waals surface area contributed by atoms with Crippen LogP contribution in [0, 0.1) is 17.0 Å². The molecule has 1 N–H and O–H groups in total. The van der Waals surface area contributed by atoms with Gasteiger partial charge in [-0.25, -0.2) is 4.79 Å². The lowest BCUT2D eigenvalue weighted by Gasteiger charge is -2.31. The summed E-state index contributed by atoms with van der Waals surface area (Å²) in [5.41, 5.74) is 1.06. The van der Waals surface area contributed by atoms with E-state index in [0.717, 1.165) is 25.7 Å². The van der Waals surface area contributed by atoms with Crippen LogP contribution < -0.4 is 5.32 Å². The fourth-order valence-electron chi connectivity index (χ4n) is 2.73. The van der Waals surface area contributed by atoms with Crippen LogP contribution in [0.15, 0.2) is 18.2 Å². The van der Waals surface area contributed by atoms with E-state index in [9.17, 15) is 14.9 Å². The summed E-state index contributed by atoms with van der Waals surface area (Å²) in [6.45, 7) is 1.68. The van der Waals surface area contributed by atoms with E-state index in [1.54, 1.807) is 31.0 Å². The number of nitrogens with one attached hydrogen (secondary N) is 1. The average Bonchev–Trinajstić information content (AvgIpc) is 2.49. The quantitative estimate of drug-likeness (QED) is 0.681. The van der Waals surface area contributed by atoms with Gasteiger partial charge >= 0.3 is 6.03 Å². The molecule has 2 amide bonds. The Labute approximate surface area is 124 Å². The molecule has 0 heterocycles. The molecule has 0 aromatic heterocycles. The number of urea groups is 1. The largest absolute Gasteiger partial charge is 0.325 e. The molecule has 1 aliphatic rings. The Morgan fingerprint density at radius 2 is 2.00 bits per heavy atom. The minimum Gasteiger partial charge on any atom is -0.325 e. The summed E-state index contributed by atoms with van der Waals surface area (Å²) in [7, 11) is 1.79. The highest BCUT2D eigenvalue weighted by Gasteiger charge is 2.22. The van der Waals surface area contributed by atoms with Crippen molar-refractivity contribution in [2.24, 2.45) is 0 Å².